The van der Waals surface area contributed by atoms with Crippen molar-refractivity contribution in [1.29, 1.82) is 0 Å². The third-order valence-corrected chi connectivity index (χ3v) is 3.77. The summed E-state index contributed by atoms with van der Waals surface area (Å²) in [5.74, 6) is 0. The Morgan fingerprint density at radius 1 is 0.826 bits per heavy atom. The number of benzene rings is 2. The minimum atomic E-state index is -0.342. The van der Waals surface area contributed by atoms with Crippen molar-refractivity contribution in [3.63, 3.8) is 0 Å². The quantitative estimate of drug-likeness (QED) is 0.614. The van der Waals surface area contributed by atoms with Crippen molar-refractivity contribution >= 4 is 10.9 Å². The van der Waals surface area contributed by atoms with Gasteiger partial charge in [0.05, 0.1) is 11.2 Å². The van der Waals surface area contributed by atoms with Gasteiger partial charge in [-0.15, -0.1) is 0 Å². The number of rotatable bonds is 2. The summed E-state index contributed by atoms with van der Waals surface area (Å²) < 4.78 is 0. The van der Waals surface area contributed by atoms with Crippen molar-refractivity contribution < 1.29 is 0 Å². The maximum Gasteiger partial charge on any atom is 0.345 e. The Morgan fingerprint density at radius 2 is 1.65 bits per heavy atom. The average molecular weight is 299 g/mol. The van der Waals surface area contributed by atoms with Gasteiger partial charge in [0, 0.05) is 28.9 Å². The second kappa shape index (κ2) is 5.50. The van der Waals surface area contributed by atoms with Crippen LogP contribution in [0.3, 0.4) is 0 Å². The molecule has 0 aliphatic carbocycles. The largest absolute Gasteiger partial charge is 0.345 e. The van der Waals surface area contributed by atoms with Gasteiger partial charge in [0.2, 0.25) is 0 Å². The number of nitrogens with zero attached hydrogens (tertiary/aromatic N) is 2. The van der Waals surface area contributed by atoms with Gasteiger partial charge in [-0.25, -0.2) is 4.79 Å². The standard InChI is InChI=1S/C19H13N3O/c23-19-21-17-9-8-14(15-7-4-10-20-12-15)11-16(17)18(22-19)13-5-2-1-3-6-13/h1-12H,(H,21,22,23). The van der Waals surface area contributed by atoms with Crippen molar-refractivity contribution in [2.75, 3.05) is 0 Å². The van der Waals surface area contributed by atoms with Gasteiger partial charge in [0.25, 0.3) is 0 Å². The molecule has 0 bridgehead atoms. The number of aromatic nitrogens is 3. The van der Waals surface area contributed by atoms with E-state index in [0.29, 0.717) is 5.69 Å². The number of H-pyrrole nitrogens is 1. The van der Waals surface area contributed by atoms with E-state index in [0.717, 1.165) is 27.6 Å². The lowest BCUT2D eigenvalue weighted by molar-refractivity contribution is 1.12. The fourth-order valence-corrected chi connectivity index (χ4v) is 2.68. The second-order valence-electron chi connectivity index (χ2n) is 5.26. The number of hydrogen-bond donors (Lipinski definition) is 1. The van der Waals surface area contributed by atoms with Crippen LogP contribution in [-0.2, 0) is 0 Å². The average Bonchev–Trinajstić information content (AvgIpc) is 2.62. The monoisotopic (exact) mass is 299 g/mol. The Hall–Kier alpha value is -3.27. The summed E-state index contributed by atoms with van der Waals surface area (Å²) >= 11 is 0. The molecule has 0 saturated heterocycles. The first kappa shape index (κ1) is 13.4. The van der Waals surface area contributed by atoms with Crippen molar-refractivity contribution in [1.82, 2.24) is 15.0 Å². The predicted molar refractivity (Wildman–Crippen MR) is 91.0 cm³/mol. The van der Waals surface area contributed by atoms with Crippen LogP contribution in [0.25, 0.3) is 33.3 Å². The van der Waals surface area contributed by atoms with Gasteiger partial charge >= 0.3 is 5.69 Å². The third kappa shape index (κ3) is 2.51. The summed E-state index contributed by atoms with van der Waals surface area (Å²) in [5.41, 5.74) is 4.11. The Kier molecular flexibility index (Phi) is 3.20. The number of nitrogens with one attached hydrogen (secondary N) is 1. The molecule has 0 aliphatic rings. The van der Waals surface area contributed by atoms with Crippen LogP contribution in [-0.4, -0.2) is 15.0 Å². The van der Waals surface area contributed by atoms with E-state index in [9.17, 15) is 4.79 Å². The molecule has 4 rings (SSSR count). The minimum absolute atomic E-state index is 0.342. The van der Waals surface area contributed by atoms with Gasteiger partial charge < -0.3 is 4.98 Å². The fraction of sp³-hybridized carbons (Fsp3) is 0. The van der Waals surface area contributed by atoms with Crippen molar-refractivity contribution in [3.05, 3.63) is 83.5 Å². The number of aromatic amines is 1. The van der Waals surface area contributed by atoms with E-state index in [1.165, 1.54) is 0 Å². The Bertz CT molecular complexity index is 1020. The normalized spacial score (nSPS) is 10.8. The predicted octanol–water partition coefficient (Wildman–Crippen LogP) is 3.65. The maximum absolute atomic E-state index is 11.9. The van der Waals surface area contributed by atoms with Gasteiger partial charge in [-0.3, -0.25) is 4.98 Å². The number of fused-ring (bicyclic) bond motifs is 1. The molecule has 0 unspecified atom stereocenters. The molecule has 23 heavy (non-hydrogen) atoms. The zero-order valence-electron chi connectivity index (χ0n) is 12.2. The molecule has 2 aromatic heterocycles. The first-order chi connectivity index (χ1) is 11.3. The van der Waals surface area contributed by atoms with Crippen LogP contribution in [0.2, 0.25) is 0 Å². The SMILES string of the molecule is O=c1nc(-c2ccccc2)c2cc(-c3cccnc3)ccc2[nH]1. The lowest BCUT2D eigenvalue weighted by Crippen LogP contribution is -2.11. The molecular weight excluding hydrogens is 286 g/mol. The summed E-state index contributed by atoms with van der Waals surface area (Å²) in [6.45, 7) is 0. The molecule has 0 aliphatic heterocycles. The zero-order valence-corrected chi connectivity index (χ0v) is 12.2. The van der Waals surface area contributed by atoms with Crippen molar-refractivity contribution in [3.8, 4) is 22.4 Å². The first-order valence-electron chi connectivity index (χ1n) is 7.31. The molecule has 0 radical (unpaired) electrons. The van der Waals surface area contributed by atoms with Crippen LogP contribution < -0.4 is 5.69 Å². The van der Waals surface area contributed by atoms with E-state index in [2.05, 4.69) is 15.0 Å². The smallest absolute Gasteiger partial charge is 0.305 e. The van der Waals surface area contributed by atoms with Gasteiger partial charge in [-0.2, -0.15) is 4.98 Å². The van der Waals surface area contributed by atoms with Crippen LogP contribution in [0.1, 0.15) is 0 Å². The summed E-state index contributed by atoms with van der Waals surface area (Å²) in [5, 5.41) is 0.914. The third-order valence-electron chi connectivity index (χ3n) is 3.77. The van der Waals surface area contributed by atoms with Crippen LogP contribution in [0.4, 0.5) is 0 Å². The minimum Gasteiger partial charge on any atom is -0.305 e. The first-order valence-corrected chi connectivity index (χ1v) is 7.31. The molecule has 4 heteroatoms. The Morgan fingerprint density at radius 3 is 2.43 bits per heavy atom. The molecule has 110 valence electrons. The van der Waals surface area contributed by atoms with Gasteiger partial charge in [0.1, 0.15) is 0 Å². The van der Waals surface area contributed by atoms with E-state index in [-0.39, 0.29) is 5.69 Å². The van der Waals surface area contributed by atoms with Crippen LogP contribution in [0.5, 0.6) is 0 Å². The molecular formula is C19H13N3O. The maximum atomic E-state index is 11.9. The summed E-state index contributed by atoms with van der Waals surface area (Å²) in [4.78, 5) is 23.0. The van der Waals surface area contributed by atoms with Gasteiger partial charge in [0.15, 0.2) is 0 Å². The Balaban J connectivity index is 2.00. The highest BCUT2D eigenvalue weighted by Crippen LogP contribution is 2.28. The fourth-order valence-electron chi connectivity index (χ4n) is 2.68. The molecule has 1 N–H and O–H groups in total. The van der Waals surface area contributed by atoms with E-state index in [4.69, 9.17) is 0 Å². The molecule has 4 nitrogen and oxygen atoms in total. The highest BCUT2D eigenvalue weighted by Gasteiger charge is 2.09. The molecule has 2 aromatic carbocycles. The summed E-state index contributed by atoms with van der Waals surface area (Å²) in [6.07, 6.45) is 3.57. The van der Waals surface area contributed by atoms with E-state index in [1.807, 2.05) is 66.9 Å². The summed E-state index contributed by atoms with van der Waals surface area (Å²) in [6, 6.07) is 19.6. The van der Waals surface area contributed by atoms with Crippen LogP contribution >= 0.6 is 0 Å². The molecule has 0 amide bonds. The van der Waals surface area contributed by atoms with Gasteiger partial charge in [-0.05, 0) is 23.8 Å². The lowest BCUT2D eigenvalue weighted by atomic mass is 10.0. The molecule has 4 aromatic rings. The van der Waals surface area contributed by atoms with E-state index < -0.39 is 0 Å². The topological polar surface area (TPSA) is 58.6 Å². The zero-order chi connectivity index (χ0) is 15.6. The molecule has 0 saturated carbocycles. The van der Waals surface area contributed by atoms with E-state index >= 15 is 0 Å². The van der Waals surface area contributed by atoms with Gasteiger partial charge in [-0.1, -0.05) is 42.5 Å². The second-order valence-corrected chi connectivity index (χ2v) is 5.26. The molecule has 0 atom stereocenters. The molecule has 0 spiro atoms. The highest BCUT2D eigenvalue weighted by atomic mass is 16.1. The Labute approximate surface area is 132 Å². The number of pyridine rings is 1. The van der Waals surface area contributed by atoms with Crippen molar-refractivity contribution in [2.24, 2.45) is 0 Å². The van der Waals surface area contributed by atoms with E-state index in [1.54, 1.807) is 6.20 Å². The number of hydrogen-bond acceptors (Lipinski definition) is 3. The van der Waals surface area contributed by atoms with Crippen LogP contribution in [0, 0.1) is 0 Å². The molecule has 2 heterocycles. The summed E-state index contributed by atoms with van der Waals surface area (Å²) in [7, 11) is 0. The lowest BCUT2D eigenvalue weighted by Gasteiger charge is -2.08. The van der Waals surface area contributed by atoms with Crippen molar-refractivity contribution in [2.45, 2.75) is 0 Å². The highest BCUT2D eigenvalue weighted by molar-refractivity contribution is 5.94. The van der Waals surface area contributed by atoms with Crippen LogP contribution in [0.15, 0.2) is 77.9 Å². The molecule has 0 fully saturated rings.